The largest absolute Gasteiger partial charge is 0.368 e. The lowest BCUT2D eigenvalue weighted by Crippen LogP contribution is -2.53. The van der Waals surface area contributed by atoms with Crippen LogP contribution in [-0.4, -0.2) is 42.0 Å². The van der Waals surface area contributed by atoms with E-state index in [0.717, 1.165) is 25.9 Å². The van der Waals surface area contributed by atoms with Gasteiger partial charge in [0.25, 0.3) is 0 Å². The van der Waals surface area contributed by atoms with Gasteiger partial charge in [0.2, 0.25) is 5.91 Å². The molecule has 3 N–H and O–H groups in total. The number of carbonyl (C=O) groups is 1. The number of nitrogens with one attached hydrogen (secondary N) is 1. The minimum Gasteiger partial charge on any atom is -0.368 e. The van der Waals surface area contributed by atoms with E-state index >= 15 is 0 Å². The van der Waals surface area contributed by atoms with E-state index in [2.05, 4.69) is 24.1 Å². The summed E-state index contributed by atoms with van der Waals surface area (Å²) in [7, 11) is 0. The Morgan fingerprint density at radius 2 is 1.76 bits per heavy atom. The summed E-state index contributed by atoms with van der Waals surface area (Å²) < 4.78 is 0. The van der Waals surface area contributed by atoms with Crippen molar-refractivity contribution >= 4 is 5.91 Å². The molecule has 4 heteroatoms. The Morgan fingerprint density at radius 3 is 2.12 bits per heavy atom. The molecule has 1 aliphatic heterocycles. The van der Waals surface area contributed by atoms with Crippen LogP contribution in [-0.2, 0) is 4.79 Å². The van der Waals surface area contributed by atoms with Gasteiger partial charge in [0.05, 0.1) is 6.04 Å². The molecule has 0 aromatic carbocycles. The number of hydrogen-bond acceptors (Lipinski definition) is 3. The zero-order valence-electron chi connectivity index (χ0n) is 11.6. The summed E-state index contributed by atoms with van der Waals surface area (Å²) in [6.07, 6.45) is 2.21. The number of nitrogens with two attached hydrogens (primary N) is 1. The van der Waals surface area contributed by atoms with Gasteiger partial charge in [-0.15, -0.1) is 0 Å². The predicted octanol–water partition coefficient (Wildman–Crippen LogP) is 0.959. The van der Waals surface area contributed by atoms with Crippen LogP contribution in [0.15, 0.2) is 0 Å². The first kappa shape index (κ1) is 14.5. The summed E-state index contributed by atoms with van der Waals surface area (Å²) in [4.78, 5) is 13.8. The fraction of sp³-hybridized carbons (Fsp3) is 0.923. The molecule has 0 aromatic rings. The minimum atomic E-state index is -0.230. The van der Waals surface area contributed by atoms with Crippen molar-refractivity contribution in [3.8, 4) is 0 Å². The Bertz CT molecular complexity index is 245. The normalized spacial score (nSPS) is 21.1. The van der Waals surface area contributed by atoms with E-state index < -0.39 is 0 Å². The van der Waals surface area contributed by atoms with Crippen LogP contribution in [0.2, 0.25) is 0 Å². The molecule has 1 rings (SSSR count). The Morgan fingerprint density at radius 1 is 1.24 bits per heavy atom. The summed E-state index contributed by atoms with van der Waals surface area (Å²) in [5.74, 6) is 0.0296. The van der Waals surface area contributed by atoms with Crippen molar-refractivity contribution in [3.63, 3.8) is 0 Å². The molecule has 0 aromatic heterocycles. The topological polar surface area (TPSA) is 58.4 Å². The number of carbonyl (C=O) groups excluding carboxylic acids is 1. The number of amides is 1. The maximum atomic E-state index is 11.3. The molecule has 1 unspecified atom stereocenters. The molecule has 0 aliphatic carbocycles. The maximum absolute atomic E-state index is 11.3. The molecule has 1 atom stereocenters. The second kappa shape index (κ2) is 6.36. The van der Waals surface area contributed by atoms with Gasteiger partial charge in [0.1, 0.15) is 0 Å². The van der Waals surface area contributed by atoms with Gasteiger partial charge in [-0.25, -0.2) is 0 Å². The summed E-state index contributed by atoms with van der Waals surface area (Å²) >= 11 is 0. The van der Waals surface area contributed by atoms with Gasteiger partial charge in [-0.1, -0.05) is 13.8 Å². The van der Waals surface area contributed by atoms with E-state index in [4.69, 9.17) is 5.73 Å². The molecule has 0 radical (unpaired) electrons. The third-order valence-corrected chi connectivity index (χ3v) is 3.65. The third kappa shape index (κ3) is 4.28. The van der Waals surface area contributed by atoms with Crippen LogP contribution >= 0.6 is 0 Å². The summed E-state index contributed by atoms with van der Waals surface area (Å²) in [6.45, 7) is 10.7. The molecule has 0 saturated carbocycles. The van der Waals surface area contributed by atoms with Crippen LogP contribution in [0.4, 0.5) is 0 Å². The number of piperidine rings is 1. The highest BCUT2D eigenvalue weighted by Gasteiger charge is 2.26. The molecular weight excluding hydrogens is 214 g/mol. The van der Waals surface area contributed by atoms with Crippen molar-refractivity contribution in [1.29, 1.82) is 0 Å². The Balaban J connectivity index is 2.41. The van der Waals surface area contributed by atoms with Crippen LogP contribution in [0.1, 0.15) is 40.5 Å². The first-order valence-corrected chi connectivity index (χ1v) is 6.71. The Hall–Kier alpha value is -0.610. The number of rotatable bonds is 5. The van der Waals surface area contributed by atoms with Crippen LogP contribution in [0.3, 0.4) is 0 Å². The molecule has 4 nitrogen and oxygen atoms in total. The molecule has 1 saturated heterocycles. The van der Waals surface area contributed by atoms with Crippen molar-refractivity contribution in [2.75, 3.05) is 13.1 Å². The van der Waals surface area contributed by atoms with E-state index in [-0.39, 0.29) is 17.9 Å². The number of primary amides is 1. The highest BCUT2D eigenvalue weighted by Crippen LogP contribution is 2.14. The maximum Gasteiger partial charge on any atom is 0.234 e. The molecule has 1 fully saturated rings. The monoisotopic (exact) mass is 241 g/mol. The molecule has 0 spiro atoms. The standard InChI is InChI=1S/C13H27N3O/c1-9(2)12(13(14)17)15-11-5-7-16(8-6-11)10(3)4/h9-12,15H,5-8H2,1-4H3,(H2,14,17). The molecular formula is C13H27N3O. The summed E-state index contributed by atoms with van der Waals surface area (Å²) in [5.41, 5.74) is 5.42. The highest BCUT2D eigenvalue weighted by molar-refractivity contribution is 5.80. The van der Waals surface area contributed by atoms with E-state index in [1.54, 1.807) is 0 Å². The average molecular weight is 241 g/mol. The van der Waals surface area contributed by atoms with Gasteiger partial charge >= 0.3 is 0 Å². The molecule has 1 aliphatic rings. The number of likely N-dealkylation sites (tertiary alicyclic amines) is 1. The second-order valence-corrected chi connectivity index (χ2v) is 5.69. The molecule has 17 heavy (non-hydrogen) atoms. The van der Waals surface area contributed by atoms with E-state index in [9.17, 15) is 4.79 Å². The van der Waals surface area contributed by atoms with Crippen LogP contribution in [0.25, 0.3) is 0 Å². The summed E-state index contributed by atoms with van der Waals surface area (Å²) in [6, 6.07) is 0.864. The third-order valence-electron chi connectivity index (χ3n) is 3.65. The van der Waals surface area contributed by atoms with Crippen molar-refractivity contribution in [2.24, 2.45) is 11.7 Å². The van der Waals surface area contributed by atoms with Crippen molar-refractivity contribution in [1.82, 2.24) is 10.2 Å². The fourth-order valence-corrected chi connectivity index (χ4v) is 2.44. The van der Waals surface area contributed by atoms with Gasteiger partial charge in [-0.2, -0.15) is 0 Å². The van der Waals surface area contributed by atoms with Gasteiger partial charge in [-0.3, -0.25) is 4.79 Å². The van der Waals surface area contributed by atoms with Crippen molar-refractivity contribution in [3.05, 3.63) is 0 Å². The lowest BCUT2D eigenvalue weighted by molar-refractivity contribution is -0.121. The first-order chi connectivity index (χ1) is 7.91. The molecule has 1 heterocycles. The zero-order chi connectivity index (χ0) is 13.0. The predicted molar refractivity (Wildman–Crippen MR) is 70.7 cm³/mol. The van der Waals surface area contributed by atoms with Crippen LogP contribution < -0.4 is 11.1 Å². The smallest absolute Gasteiger partial charge is 0.234 e. The van der Waals surface area contributed by atoms with E-state index in [1.165, 1.54) is 0 Å². The lowest BCUT2D eigenvalue weighted by Gasteiger charge is -2.36. The number of hydrogen-bond donors (Lipinski definition) is 2. The Kier molecular flexibility index (Phi) is 5.40. The van der Waals surface area contributed by atoms with Crippen LogP contribution in [0.5, 0.6) is 0 Å². The quantitative estimate of drug-likeness (QED) is 0.754. The fourth-order valence-electron chi connectivity index (χ4n) is 2.44. The SMILES string of the molecule is CC(C)C(NC1CCN(C(C)C)CC1)C(N)=O. The molecule has 100 valence electrons. The minimum absolute atomic E-state index is 0.189. The van der Waals surface area contributed by atoms with Crippen LogP contribution in [0, 0.1) is 5.92 Å². The van der Waals surface area contributed by atoms with Gasteiger partial charge in [0.15, 0.2) is 0 Å². The average Bonchev–Trinajstić information content (AvgIpc) is 2.25. The molecule has 0 bridgehead atoms. The first-order valence-electron chi connectivity index (χ1n) is 6.71. The Labute approximate surface area is 105 Å². The zero-order valence-corrected chi connectivity index (χ0v) is 11.6. The molecule has 1 amide bonds. The number of nitrogens with zero attached hydrogens (tertiary/aromatic N) is 1. The van der Waals surface area contributed by atoms with Gasteiger partial charge in [-0.05, 0) is 45.7 Å². The van der Waals surface area contributed by atoms with Crippen molar-refractivity contribution < 1.29 is 4.79 Å². The van der Waals surface area contributed by atoms with E-state index in [1.807, 2.05) is 13.8 Å². The highest BCUT2D eigenvalue weighted by atomic mass is 16.1. The lowest BCUT2D eigenvalue weighted by atomic mass is 9.98. The van der Waals surface area contributed by atoms with Gasteiger partial charge in [0, 0.05) is 12.1 Å². The van der Waals surface area contributed by atoms with Crippen molar-refractivity contribution in [2.45, 2.75) is 58.7 Å². The van der Waals surface area contributed by atoms with E-state index in [0.29, 0.717) is 12.1 Å². The summed E-state index contributed by atoms with van der Waals surface area (Å²) in [5, 5.41) is 3.41. The van der Waals surface area contributed by atoms with Gasteiger partial charge < -0.3 is 16.0 Å². The second-order valence-electron chi connectivity index (χ2n) is 5.69.